The minimum Gasteiger partial charge on any atom is -0.393 e. The standard InChI is InChI=1S/C13H27NO/c1-10(2)11(3)14-9-13(4)8-6-5-7-12(13)15/h10-12,14-15H,5-9H2,1-4H3. The topological polar surface area (TPSA) is 32.3 Å². The van der Waals surface area contributed by atoms with Crippen molar-refractivity contribution in [2.45, 2.75) is 65.5 Å². The Kier molecular flexibility index (Phi) is 4.60. The molecule has 1 saturated carbocycles. The minimum atomic E-state index is -0.113. The molecule has 2 nitrogen and oxygen atoms in total. The van der Waals surface area contributed by atoms with Crippen LogP contribution in [0.25, 0.3) is 0 Å². The van der Waals surface area contributed by atoms with Gasteiger partial charge in [0.2, 0.25) is 0 Å². The van der Waals surface area contributed by atoms with Crippen LogP contribution in [0.15, 0.2) is 0 Å². The van der Waals surface area contributed by atoms with E-state index < -0.39 is 0 Å². The monoisotopic (exact) mass is 213 g/mol. The lowest BCUT2D eigenvalue weighted by molar-refractivity contribution is -0.000743. The average molecular weight is 213 g/mol. The molecule has 3 unspecified atom stereocenters. The fourth-order valence-electron chi connectivity index (χ4n) is 2.22. The highest BCUT2D eigenvalue weighted by atomic mass is 16.3. The number of aliphatic hydroxyl groups excluding tert-OH is 1. The zero-order valence-corrected chi connectivity index (χ0v) is 10.7. The molecule has 0 bridgehead atoms. The van der Waals surface area contributed by atoms with Crippen LogP contribution in [0.2, 0.25) is 0 Å². The van der Waals surface area contributed by atoms with Gasteiger partial charge in [0.05, 0.1) is 6.10 Å². The van der Waals surface area contributed by atoms with Gasteiger partial charge in [-0.25, -0.2) is 0 Å². The SMILES string of the molecule is CC(C)C(C)NCC1(C)CCCCC1O. The van der Waals surface area contributed by atoms with Gasteiger partial charge in [-0.1, -0.05) is 33.6 Å². The third-order valence-corrected chi connectivity index (χ3v) is 4.11. The molecule has 1 rings (SSSR count). The summed E-state index contributed by atoms with van der Waals surface area (Å²) in [4.78, 5) is 0. The van der Waals surface area contributed by atoms with Crippen molar-refractivity contribution in [2.75, 3.05) is 6.54 Å². The van der Waals surface area contributed by atoms with Crippen LogP contribution in [0.5, 0.6) is 0 Å². The molecular formula is C13H27NO. The first kappa shape index (κ1) is 13.0. The quantitative estimate of drug-likeness (QED) is 0.752. The van der Waals surface area contributed by atoms with Gasteiger partial charge in [0.1, 0.15) is 0 Å². The lowest BCUT2D eigenvalue weighted by Crippen LogP contribution is -2.46. The highest BCUT2D eigenvalue weighted by Gasteiger charge is 2.35. The minimum absolute atomic E-state index is 0.0986. The molecular weight excluding hydrogens is 186 g/mol. The molecule has 0 radical (unpaired) electrons. The highest BCUT2D eigenvalue weighted by molar-refractivity contribution is 4.88. The summed E-state index contributed by atoms with van der Waals surface area (Å²) >= 11 is 0. The van der Waals surface area contributed by atoms with Gasteiger partial charge >= 0.3 is 0 Å². The van der Waals surface area contributed by atoms with Crippen molar-refractivity contribution in [3.63, 3.8) is 0 Å². The van der Waals surface area contributed by atoms with Crippen LogP contribution in [0, 0.1) is 11.3 Å². The average Bonchev–Trinajstić information content (AvgIpc) is 2.19. The van der Waals surface area contributed by atoms with Gasteiger partial charge in [-0.3, -0.25) is 0 Å². The normalized spacial score (nSPS) is 34.4. The lowest BCUT2D eigenvalue weighted by atomic mass is 9.73. The predicted molar refractivity (Wildman–Crippen MR) is 64.9 cm³/mol. The maximum Gasteiger partial charge on any atom is 0.0605 e. The number of rotatable bonds is 4. The molecule has 0 aromatic heterocycles. The fourth-order valence-corrected chi connectivity index (χ4v) is 2.22. The molecule has 0 spiro atoms. The smallest absolute Gasteiger partial charge is 0.0605 e. The second-order valence-electron chi connectivity index (χ2n) is 5.83. The molecule has 90 valence electrons. The largest absolute Gasteiger partial charge is 0.393 e. The molecule has 0 saturated heterocycles. The van der Waals surface area contributed by atoms with E-state index in [1.54, 1.807) is 0 Å². The van der Waals surface area contributed by atoms with Crippen molar-refractivity contribution in [1.82, 2.24) is 5.32 Å². The van der Waals surface area contributed by atoms with Crippen molar-refractivity contribution in [2.24, 2.45) is 11.3 Å². The summed E-state index contributed by atoms with van der Waals surface area (Å²) in [6, 6.07) is 0.538. The van der Waals surface area contributed by atoms with E-state index in [0.717, 1.165) is 19.4 Å². The Bertz CT molecular complexity index is 193. The van der Waals surface area contributed by atoms with Gasteiger partial charge in [0.15, 0.2) is 0 Å². The maximum atomic E-state index is 10.0. The molecule has 0 amide bonds. The molecule has 15 heavy (non-hydrogen) atoms. The molecule has 1 fully saturated rings. The maximum absolute atomic E-state index is 10.0. The summed E-state index contributed by atoms with van der Waals surface area (Å²) < 4.78 is 0. The van der Waals surface area contributed by atoms with Gasteiger partial charge in [-0.2, -0.15) is 0 Å². The van der Waals surface area contributed by atoms with E-state index in [4.69, 9.17) is 0 Å². The van der Waals surface area contributed by atoms with Crippen LogP contribution in [0.1, 0.15) is 53.4 Å². The second-order valence-corrected chi connectivity index (χ2v) is 5.83. The number of hydrogen-bond donors (Lipinski definition) is 2. The summed E-state index contributed by atoms with van der Waals surface area (Å²) in [6.07, 6.45) is 4.49. The van der Waals surface area contributed by atoms with Crippen molar-refractivity contribution in [3.8, 4) is 0 Å². The zero-order valence-electron chi connectivity index (χ0n) is 10.7. The van der Waals surface area contributed by atoms with Crippen molar-refractivity contribution < 1.29 is 5.11 Å². The fraction of sp³-hybridized carbons (Fsp3) is 1.00. The Morgan fingerprint density at radius 2 is 2.00 bits per heavy atom. The second kappa shape index (κ2) is 5.31. The molecule has 1 aliphatic carbocycles. The first-order valence-corrected chi connectivity index (χ1v) is 6.37. The van der Waals surface area contributed by atoms with Crippen LogP contribution >= 0.6 is 0 Å². The van der Waals surface area contributed by atoms with Crippen LogP contribution < -0.4 is 5.32 Å². The van der Waals surface area contributed by atoms with E-state index in [0.29, 0.717) is 12.0 Å². The van der Waals surface area contributed by atoms with Gasteiger partial charge in [0, 0.05) is 18.0 Å². The molecule has 0 aliphatic heterocycles. The number of hydrogen-bond acceptors (Lipinski definition) is 2. The summed E-state index contributed by atoms with van der Waals surface area (Å²) in [7, 11) is 0. The zero-order chi connectivity index (χ0) is 11.5. The van der Waals surface area contributed by atoms with Crippen molar-refractivity contribution in [3.05, 3.63) is 0 Å². The first-order chi connectivity index (χ1) is 6.96. The van der Waals surface area contributed by atoms with Gasteiger partial charge in [-0.05, 0) is 25.7 Å². The van der Waals surface area contributed by atoms with Crippen LogP contribution in [0.4, 0.5) is 0 Å². The van der Waals surface area contributed by atoms with E-state index in [1.807, 2.05) is 0 Å². The van der Waals surface area contributed by atoms with Gasteiger partial charge in [0.25, 0.3) is 0 Å². The predicted octanol–water partition coefficient (Wildman–Crippen LogP) is 2.56. The third-order valence-electron chi connectivity index (χ3n) is 4.11. The first-order valence-electron chi connectivity index (χ1n) is 6.37. The Balaban J connectivity index is 2.41. The molecule has 1 aliphatic rings. The highest BCUT2D eigenvalue weighted by Crippen LogP contribution is 2.35. The summed E-state index contributed by atoms with van der Waals surface area (Å²) in [5.41, 5.74) is 0.0986. The molecule has 0 heterocycles. The Labute approximate surface area is 94.5 Å². The van der Waals surface area contributed by atoms with E-state index in [2.05, 4.69) is 33.0 Å². The van der Waals surface area contributed by atoms with Crippen molar-refractivity contribution >= 4 is 0 Å². The molecule has 2 heteroatoms. The summed E-state index contributed by atoms with van der Waals surface area (Å²) in [5.74, 6) is 0.661. The van der Waals surface area contributed by atoms with Crippen LogP contribution in [-0.4, -0.2) is 23.8 Å². The summed E-state index contributed by atoms with van der Waals surface area (Å²) in [6.45, 7) is 9.86. The van der Waals surface area contributed by atoms with E-state index >= 15 is 0 Å². The van der Waals surface area contributed by atoms with Crippen LogP contribution in [-0.2, 0) is 0 Å². The Hall–Kier alpha value is -0.0800. The Morgan fingerprint density at radius 1 is 1.33 bits per heavy atom. The Morgan fingerprint density at radius 3 is 2.53 bits per heavy atom. The van der Waals surface area contributed by atoms with E-state index in [-0.39, 0.29) is 11.5 Å². The van der Waals surface area contributed by atoms with Gasteiger partial charge < -0.3 is 10.4 Å². The van der Waals surface area contributed by atoms with Crippen molar-refractivity contribution in [1.29, 1.82) is 0 Å². The van der Waals surface area contributed by atoms with Gasteiger partial charge in [-0.15, -0.1) is 0 Å². The molecule has 0 aromatic carbocycles. The number of aliphatic hydroxyl groups is 1. The van der Waals surface area contributed by atoms with E-state index in [1.165, 1.54) is 12.8 Å². The molecule has 3 atom stereocenters. The van der Waals surface area contributed by atoms with E-state index in [9.17, 15) is 5.11 Å². The van der Waals surface area contributed by atoms with Crippen LogP contribution in [0.3, 0.4) is 0 Å². The summed E-state index contributed by atoms with van der Waals surface area (Å²) in [5, 5.41) is 13.6. The molecule has 2 N–H and O–H groups in total. The number of nitrogens with one attached hydrogen (secondary N) is 1. The third kappa shape index (κ3) is 3.46. The molecule has 0 aromatic rings. The lowest BCUT2D eigenvalue weighted by Gasteiger charge is -2.39.